The molecule has 2 aromatic carbocycles. The van der Waals surface area contributed by atoms with Gasteiger partial charge in [0.2, 0.25) is 0 Å². The maximum absolute atomic E-state index is 13.0. The summed E-state index contributed by atoms with van der Waals surface area (Å²) >= 11 is 0. The number of aryl methyl sites for hydroxylation is 2. The highest BCUT2D eigenvalue weighted by molar-refractivity contribution is 6.12. The summed E-state index contributed by atoms with van der Waals surface area (Å²) in [6.07, 6.45) is 1.93. The third kappa shape index (κ3) is 3.38. The molecule has 0 spiro atoms. The van der Waals surface area contributed by atoms with E-state index in [0.29, 0.717) is 12.6 Å². The number of para-hydroxylation sites is 1. The molecule has 1 aromatic heterocycles. The van der Waals surface area contributed by atoms with Gasteiger partial charge in [-0.1, -0.05) is 18.2 Å². The molecule has 3 aromatic rings. The minimum Gasteiger partial charge on any atom is -0.396 e. The second kappa shape index (κ2) is 7.71. The molecular formula is C24H31N3O2. The zero-order chi connectivity index (χ0) is 20.7. The number of carbonyl (C=O) groups is 1. The van der Waals surface area contributed by atoms with Crippen molar-refractivity contribution in [3.05, 3.63) is 41.5 Å². The number of aliphatic hydroxyl groups is 1. The number of hydrogen-bond donors (Lipinski definition) is 2. The standard InChI is InChI=1S/C24H31N3O2/c1-15(2)27-20-10-6-5-9-19(20)22-17(4)23(16(3)12-21(22)27)25-24(29)26-11-7-8-18(13-26)14-28/h5-6,9-10,12,15,18,28H,7-8,11,13-14H2,1-4H3,(H,25,29). The van der Waals surface area contributed by atoms with Gasteiger partial charge in [0.05, 0.1) is 5.52 Å². The first kappa shape index (κ1) is 19.8. The van der Waals surface area contributed by atoms with Crippen LogP contribution >= 0.6 is 0 Å². The van der Waals surface area contributed by atoms with E-state index in [1.807, 2.05) is 4.90 Å². The van der Waals surface area contributed by atoms with Crippen molar-refractivity contribution in [2.24, 2.45) is 5.92 Å². The van der Waals surface area contributed by atoms with Gasteiger partial charge in [-0.25, -0.2) is 4.79 Å². The summed E-state index contributed by atoms with van der Waals surface area (Å²) < 4.78 is 2.38. The summed E-state index contributed by atoms with van der Waals surface area (Å²) in [6, 6.07) is 11.0. The Morgan fingerprint density at radius 1 is 1.24 bits per heavy atom. The van der Waals surface area contributed by atoms with E-state index >= 15 is 0 Å². The van der Waals surface area contributed by atoms with E-state index < -0.39 is 0 Å². The molecule has 2 N–H and O–H groups in total. The number of urea groups is 1. The average Bonchev–Trinajstić information content (AvgIpc) is 3.05. The number of aliphatic hydroxyl groups excluding tert-OH is 1. The van der Waals surface area contributed by atoms with Crippen LogP contribution in [-0.4, -0.2) is 40.3 Å². The minimum atomic E-state index is -0.0682. The van der Waals surface area contributed by atoms with Crippen LogP contribution in [0, 0.1) is 19.8 Å². The summed E-state index contributed by atoms with van der Waals surface area (Å²) in [4.78, 5) is 14.8. The number of amides is 2. The molecule has 0 radical (unpaired) electrons. The number of rotatable bonds is 3. The van der Waals surface area contributed by atoms with Gasteiger partial charge in [-0.2, -0.15) is 0 Å². The molecule has 5 nitrogen and oxygen atoms in total. The number of hydrogen-bond acceptors (Lipinski definition) is 2. The van der Waals surface area contributed by atoms with Gasteiger partial charge in [-0.3, -0.25) is 0 Å². The summed E-state index contributed by atoms with van der Waals surface area (Å²) in [5.74, 6) is 0.184. The molecule has 0 bridgehead atoms. The van der Waals surface area contributed by atoms with Crippen molar-refractivity contribution in [2.75, 3.05) is 25.0 Å². The molecule has 4 rings (SSSR count). The molecular weight excluding hydrogens is 362 g/mol. The highest BCUT2D eigenvalue weighted by atomic mass is 16.3. The predicted molar refractivity (Wildman–Crippen MR) is 120 cm³/mol. The van der Waals surface area contributed by atoms with Gasteiger partial charge >= 0.3 is 6.03 Å². The molecule has 0 aliphatic carbocycles. The fourth-order valence-electron chi connectivity index (χ4n) is 4.85. The monoisotopic (exact) mass is 393 g/mol. The van der Waals surface area contributed by atoms with Crippen molar-refractivity contribution < 1.29 is 9.90 Å². The summed E-state index contributed by atoms with van der Waals surface area (Å²) in [5, 5.41) is 15.1. The Morgan fingerprint density at radius 3 is 2.72 bits per heavy atom. The summed E-state index contributed by atoms with van der Waals surface area (Å²) in [6.45, 7) is 10.1. The lowest BCUT2D eigenvalue weighted by molar-refractivity contribution is 0.136. The van der Waals surface area contributed by atoms with Gasteiger partial charge in [0.25, 0.3) is 0 Å². The Labute approximate surface area is 172 Å². The van der Waals surface area contributed by atoms with Gasteiger partial charge in [-0.05, 0) is 69.7 Å². The largest absolute Gasteiger partial charge is 0.396 e. The van der Waals surface area contributed by atoms with E-state index in [9.17, 15) is 9.90 Å². The van der Waals surface area contributed by atoms with Crippen LogP contribution in [0.3, 0.4) is 0 Å². The quantitative estimate of drug-likeness (QED) is 0.640. The third-order valence-electron chi connectivity index (χ3n) is 6.26. The van der Waals surface area contributed by atoms with Gasteiger partial charge in [-0.15, -0.1) is 0 Å². The first-order valence-electron chi connectivity index (χ1n) is 10.6. The van der Waals surface area contributed by atoms with Gasteiger partial charge in [0.1, 0.15) is 0 Å². The number of carbonyl (C=O) groups excluding carboxylic acids is 1. The zero-order valence-electron chi connectivity index (χ0n) is 17.8. The molecule has 2 amide bonds. The molecule has 1 aliphatic heterocycles. The Morgan fingerprint density at radius 2 is 2.00 bits per heavy atom. The van der Waals surface area contributed by atoms with E-state index in [-0.39, 0.29) is 18.6 Å². The normalized spacial score (nSPS) is 17.4. The van der Waals surface area contributed by atoms with Crippen molar-refractivity contribution in [1.82, 2.24) is 9.47 Å². The molecule has 1 saturated heterocycles. The van der Waals surface area contributed by atoms with Gasteiger partial charge < -0.3 is 19.9 Å². The first-order chi connectivity index (χ1) is 13.9. The van der Waals surface area contributed by atoms with E-state index in [1.165, 1.54) is 21.8 Å². The van der Waals surface area contributed by atoms with Crippen molar-refractivity contribution in [3.63, 3.8) is 0 Å². The maximum atomic E-state index is 13.0. The highest BCUT2D eigenvalue weighted by Gasteiger charge is 2.25. The lowest BCUT2D eigenvalue weighted by Crippen LogP contribution is -2.43. The molecule has 0 saturated carbocycles. The van der Waals surface area contributed by atoms with Crippen LogP contribution in [0.1, 0.15) is 43.9 Å². The second-order valence-electron chi connectivity index (χ2n) is 8.64. The molecule has 2 heterocycles. The van der Waals surface area contributed by atoms with Crippen LogP contribution in [0.4, 0.5) is 10.5 Å². The molecule has 1 fully saturated rings. The maximum Gasteiger partial charge on any atom is 0.321 e. The zero-order valence-corrected chi connectivity index (χ0v) is 17.8. The van der Waals surface area contributed by atoms with Crippen LogP contribution in [0.15, 0.2) is 30.3 Å². The van der Waals surface area contributed by atoms with Crippen LogP contribution < -0.4 is 5.32 Å². The Hall–Kier alpha value is -2.53. The van der Waals surface area contributed by atoms with Crippen LogP contribution in [0.2, 0.25) is 0 Å². The Kier molecular flexibility index (Phi) is 5.26. The SMILES string of the molecule is Cc1cc2c(c(C)c1NC(=O)N1CCCC(CO)C1)c1ccccc1n2C(C)C. The fraction of sp³-hybridized carbons (Fsp3) is 0.458. The molecule has 5 heteroatoms. The van der Waals surface area contributed by atoms with Crippen LogP contribution in [0.5, 0.6) is 0 Å². The van der Waals surface area contributed by atoms with Crippen molar-refractivity contribution in [3.8, 4) is 0 Å². The van der Waals surface area contributed by atoms with E-state index in [0.717, 1.165) is 36.2 Å². The minimum absolute atomic E-state index is 0.0682. The third-order valence-corrected chi connectivity index (χ3v) is 6.26. The summed E-state index contributed by atoms with van der Waals surface area (Å²) in [5.41, 5.74) is 5.53. The molecule has 1 aliphatic rings. The van der Waals surface area contributed by atoms with E-state index in [2.05, 4.69) is 67.9 Å². The number of piperidine rings is 1. The predicted octanol–water partition coefficient (Wildman–Crippen LogP) is 5.23. The highest BCUT2D eigenvalue weighted by Crippen LogP contribution is 2.38. The molecule has 29 heavy (non-hydrogen) atoms. The lowest BCUT2D eigenvalue weighted by atomic mass is 9.99. The number of benzene rings is 2. The average molecular weight is 394 g/mol. The number of likely N-dealkylation sites (tertiary alicyclic amines) is 1. The molecule has 154 valence electrons. The van der Waals surface area contributed by atoms with Crippen molar-refractivity contribution in [1.29, 1.82) is 0 Å². The van der Waals surface area contributed by atoms with Crippen LogP contribution in [-0.2, 0) is 0 Å². The van der Waals surface area contributed by atoms with Gasteiger partial charge in [0, 0.05) is 47.7 Å². The Bertz CT molecular complexity index is 1070. The lowest BCUT2D eigenvalue weighted by Gasteiger charge is -2.32. The summed E-state index contributed by atoms with van der Waals surface area (Å²) in [7, 11) is 0. The van der Waals surface area contributed by atoms with E-state index in [1.54, 1.807) is 0 Å². The van der Waals surface area contributed by atoms with Crippen molar-refractivity contribution >= 4 is 33.5 Å². The van der Waals surface area contributed by atoms with Crippen molar-refractivity contribution in [2.45, 2.75) is 46.6 Å². The molecule has 1 atom stereocenters. The van der Waals surface area contributed by atoms with Gasteiger partial charge in [0.15, 0.2) is 0 Å². The molecule has 1 unspecified atom stereocenters. The fourth-order valence-corrected chi connectivity index (χ4v) is 4.85. The van der Waals surface area contributed by atoms with Crippen LogP contribution in [0.25, 0.3) is 21.8 Å². The second-order valence-corrected chi connectivity index (χ2v) is 8.64. The topological polar surface area (TPSA) is 57.5 Å². The number of nitrogens with one attached hydrogen (secondary N) is 1. The number of aromatic nitrogens is 1. The van der Waals surface area contributed by atoms with E-state index in [4.69, 9.17) is 0 Å². The number of nitrogens with zero attached hydrogens (tertiary/aromatic N) is 2. The number of fused-ring (bicyclic) bond motifs is 3. The first-order valence-corrected chi connectivity index (χ1v) is 10.6. The smallest absolute Gasteiger partial charge is 0.321 e. The Balaban J connectivity index is 1.78. The number of anilines is 1.